The second-order valence-corrected chi connectivity index (χ2v) is 4.02. The van der Waals surface area contributed by atoms with Gasteiger partial charge >= 0.3 is 5.97 Å². The first-order chi connectivity index (χ1) is 8.45. The van der Waals surface area contributed by atoms with Crippen molar-refractivity contribution < 1.29 is 14.3 Å². The third-order valence-corrected chi connectivity index (χ3v) is 2.34. The Bertz CT molecular complexity index is 429. The lowest BCUT2D eigenvalue weighted by Crippen LogP contribution is -2.27. The van der Waals surface area contributed by atoms with Crippen molar-refractivity contribution >= 4 is 17.7 Å². The minimum atomic E-state index is -0.488. The molecule has 0 radical (unpaired) electrons. The van der Waals surface area contributed by atoms with E-state index >= 15 is 0 Å². The fourth-order valence-electron chi connectivity index (χ4n) is 1.32. The normalized spacial score (nSPS) is 11.6. The van der Waals surface area contributed by atoms with Gasteiger partial charge in [-0.15, -0.1) is 0 Å². The highest BCUT2D eigenvalue weighted by molar-refractivity contribution is 5.93. The third kappa shape index (κ3) is 3.44. The maximum atomic E-state index is 11.6. The van der Waals surface area contributed by atoms with Crippen LogP contribution >= 0.6 is 0 Å². The first-order valence-corrected chi connectivity index (χ1v) is 5.47. The molecule has 0 aliphatic carbocycles. The molecule has 1 aromatic rings. The van der Waals surface area contributed by atoms with Crippen molar-refractivity contribution in [3.8, 4) is 0 Å². The van der Waals surface area contributed by atoms with Crippen LogP contribution in [-0.4, -0.2) is 49.0 Å². The van der Waals surface area contributed by atoms with Gasteiger partial charge in [-0.1, -0.05) is 0 Å². The molecule has 1 atom stereocenters. The second kappa shape index (κ2) is 6.00. The number of pyridine rings is 1. The number of rotatable bonds is 4. The molecule has 1 heterocycles. The van der Waals surface area contributed by atoms with Crippen molar-refractivity contribution in [2.45, 2.75) is 13.0 Å². The average molecular weight is 251 g/mol. The molecule has 1 unspecified atom stereocenters. The Kier molecular flexibility index (Phi) is 4.65. The molecule has 0 bridgehead atoms. The van der Waals surface area contributed by atoms with E-state index in [1.165, 1.54) is 18.2 Å². The van der Waals surface area contributed by atoms with E-state index in [9.17, 15) is 9.59 Å². The summed E-state index contributed by atoms with van der Waals surface area (Å²) >= 11 is 0. The number of amides is 1. The molecule has 18 heavy (non-hydrogen) atoms. The zero-order chi connectivity index (χ0) is 13.7. The number of nitrogens with one attached hydrogen (secondary N) is 1. The Hall–Kier alpha value is -2.11. The Morgan fingerprint density at radius 1 is 1.39 bits per heavy atom. The van der Waals surface area contributed by atoms with Crippen molar-refractivity contribution in [3.63, 3.8) is 0 Å². The van der Waals surface area contributed by atoms with Crippen molar-refractivity contribution in [1.82, 2.24) is 9.88 Å². The van der Waals surface area contributed by atoms with Gasteiger partial charge in [0, 0.05) is 20.3 Å². The lowest BCUT2D eigenvalue weighted by Gasteiger charge is -2.13. The highest BCUT2D eigenvalue weighted by Gasteiger charge is 2.13. The van der Waals surface area contributed by atoms with Crippen molar-refractivity contribution in [1.29, 1.82) is 0 Å². The SMILES string of the molecule is COC(=O)C(C)Nc1ccc(C(=O)N(C)C)cn1. The molecule has 0 aromatic carbocycles. The van der Waals surface area contributed by atoms with Crippen LogP contribution in [0.5, 0.6) is 0 Å². The van der Waals surface area contributed by atoms with E-state index in [1.54, 1.807) is 33.2 Å². The van der Waals surface area contributed by atoms with Gasteiger partial charge in [-0.05, 0) is 19.1 Å². The summed E-state index contributed by atoms with van der Waals surface area (Å²) in [5.41, 5.74) is 0.497. The predicted octanol–water partition coefficient (Wildman–Crippen LogP) is 0.757. The molecular formula is C12H17N3O3. The fourth-order valence-corrected chi connectivity index (χ4v) is 1.32. The van der Waals surface area contributed by atoms with Crippen LogP contribution in [0.3, 0.4) is 0 Å². The van der Waals surface area contributed by atoms with Crippen LogP contribution in [0.4, 0.5) is 5.82 Å². The van der Waals surface area contributed by atoms with Crippen LogP contribution in [0, 0.1) is 0 Å². The summed E-state index contributed by atoms with van der Waals surface area (Å²) in [4.78, 5) is 28.4. The summed E-state index contributed by atoms with van der Waals surface area (Å²) in [7, 11) is 4.68. The second-order valence-electron chi connectivity index (χ2n) is 4.02. The van der Waals surface area contributed by atoms with Gasteiger partial charge in [0.05, 0.1) is 12.7 Å². The highest BCUT2D eigenvalue weighted by Crippen LogP contribution is 2.08. The molecule has 6 heteroatoms. The molecule has 1 aromatic heterocycles. The van der Waals surface area contributed by atoms with Gasteiger partial charge in [-0.2, -0.15) is 0 Å². The molecule has 0 aliphatic rings. The van der Waals surface area contributed by atoms with Gasteiger partial charge in [-0.3, -0.25) is 4.79 Å². The van der Waals surface area contributed by atoms with Crippen LogP contribution in [-0.2, 0) is 9.53 Å². The Morgan fingerprint density at radius 3 is 2.50 bits per heavy atom. The summed E-state index contributed by atoms with van der Waals surface area (Å²) in [5.74, 6) is 0.0310. The van der Waals surface area contributed by atoms with E-state index in [0.29, 0.717) is 11.4 Å². The zero-order valence-electron chi connectivity index (χ0n) is 10.9. The number of anilines is 1. The van der Waals surface area contributed by atoms with Crippen molar-refractivity contribution in [2.24, 2.45) is 0 Å². The van der Waals surface area contributed by atoms with Gasteiger partial charge in [-0.25, -0.2) is 9.78 Å². The maximum Gasteiger partial charge on any atom is 0.328 e. The molecule has 6 nitrogen and oxygen atoms in total. The Morgan fingerprint density at radius 2 is 2.06 bits per heavy atom. The van der Waals surface area contributed by atoms with Gasteiger partial charge in [0.15, 0.2) is 0 Å². The van der Waals surface area contributed by atoms with Crippen LogP contribution < -0.4 is 5.32 Å². The van der Waals surface area contributed by atoms with Crippen molar-refractivity contribution in [3.05, 3.63) is 23.9 Å². The van der Waals surface area contributed by atoms with Gasteiger partial charge in [0.2, 0.25) is 0 Å². The Balaban J connectivity index is 2.72. The minimum absolute atomic E-state index is 0.116. The largest absolute Gasteiger partial charge is 0.467 e. The van der Waals surface area contributed by atoms with E-state index < -0.39 is 6.04 Å². The highest BCUT2D eigenvalue weighted by atomic mass is 16.5. The minimum Gasteiger partial charge on any atom is -0.467 e. The first kappa shape index (κ1) is 14.0. The summed E-state index contributed by atoms with van der Waals surface area (Å²) in [6, 6.07) is 2.82. The zero-order valence-corrected chi connectivity index (χ0v) is 10.9. The van der Waals surface area contributed by atoms with Crippen LogP contribution in [0.25, 0.3) is 0 Å². The average Bonchev–Trinajstić information content (AvgIpc) is 2.37. The van der Waals surface area contributed by atoms with Gasteiger partial charge in [0.25, 0.3) is 5.91 Å². The van der Waals surface area contributed by atoms with Crippen molar-refractivity contribution in [2.75, 3.05) is 26.5 Å². The topological polar surface area (TPSA) is 71.5 Å². The summed E-state index contributed by atoms with van der Waals surface area (Å²) in [6.07, 6.45) is 1.47. The number of esters is 1. The predicted molar refractivity (Wildman–Crippen MR) is 67.4 cm³/mol. The van der Waals surface area contributed by atoms with Gasteiger partial charge in [0.1, 0.15) is 11.9 Å². The number of methoxy groups -OCH3 is 1. The summed E-state index contributed by atoms with van der Waals surface area (Å²) in [5, 5.41) is 2.88. The third-order valence-electron chi connectivity index (χ3n) is 2.34. The van der Waals surface area contributed by atoms with Crippen LogP contribution in [0.15, 0.2) is 18.3 Å². The number of carbonyl (C=O) groups is 2. The Labute approximate surface area is 106 Å². The van der Waals surface area contributed by atoms with E-state index in [1.807, 2.05) is 0 Å². The molecule has 0 aliphatic heterocycles. The lowest BCUT2D eigenvalue weighted by molar-refractivity contribution is -0.141. The smallest absolute Gasteiger partial charge is 0.328 e. The maximum absolute atomic E-state index is 11.6. The number of aromatic nitrogens is 1. The van der Waals surface area contributed by atoms with E-state index in [2.05, 4.69) is 15.0 Å². The van der Waals surface area contributed by atoms with Crippen LogP contribution in [0.1, 0.15) is 17.3 Å². The molecule has 1 amide bonds. The van der Waals surface area contributed by atoms with E-state index in [0.717, 1.165) is 0 Å². The number of hydrogen-bond donors (Lipinski definition) is 1. The molecule has 0 fully saturated rings. The number of ether oxygens (including phenoxy) is 1. The van der Waals surface area contributed by atoms with E-state index in [-0.39, 0.29) is 11.9 Å². The molecule has 98 valence electrons. The molecule has 0 saturated heterocycles. The number of nitrogens with zero attached hydrogens (tertiary/aromatic N) is 2. The molecule has 1 rings (SSSR count). The quantitative estimate of drug-likeness (QED) is 0.800. The van der Waals surface area contributed by atoms with Crippen LogP contribution in [0.2, 0.25) is 0 Å². The lowest BCUT2D eigenvalue weighted by atomic mass is 10.2. The standard InChI is InChI=1S/C12H17N3O3/c1-8(12(17)18-4)14-10-6-5-9(7-13-10)11(16)15(2)3/h5-8H,1-4H3,(H,13,14). The summed E-state index contributed by atoms with van der Waals surface area (Å²) in [6.45, 7) is 1.67. The fraction of sp³-hybridized carbons (Fsp3) is 0.417. The summed E-state index contributed by atoms with van der Waals surface area (Å²) < 4.78 is 4.59. The molecule has 1 N–H and O–H groups in total. The number of carbonyl (C=O) groups excluding carboxylic acids is 2. The number of hydrogen-bond acceptors (Lipinski definition) is 5. The van der Waals surface area contributed by atoms with E-state index in [4.69, 9.17) is 0 Å². The monoisotopic (exact) mass is 251 g/mol. The van der Waals surface area contributed by atoms with Gasteiger partial charge < -0.3 is 15.0 Å². The molecular weight excluding hydrogens is 234 g/mol. The first-order valence-electron chi connectivity index (χ1n) is 5.47. The molecule has 0 saturated carbocycles. The molecule has 0 spiro atoms.